The minimum Gasteiger partial charge on any atom is -0.489 e. The molecule has 0 unspecified atom stereocenters. The Kier molecular flexibility index (Phi) is 4.24. The Bertz CT molecular complexity index is 488. The molecule has 1 rings (SSSR count). The second-order valence-corrected chi connectivity index (χ2v) is 4.93. The second kappa shape index (κ2) is 5.30. The largest absolute Gasteiger partial charge is 0.489 e. The zero-order valence-corrected chi connectivity index (χ0v) is 10.9. The van der Waals surface area contributed by atoms with Crippen molar-refractivity contribution in [2.24, 2.45) is 11.1 Å². The fraction of sp³-hybridized carbons (Fsp3) is 0.333. The molecule has 0 bridgehead atoms. The molecular weight excluding hydrogens is 257 g/mol. The lowest BCUT2D eigenvalue weighted by molar-refractivity contribution is -0.148. The smallest absolute Gasteiger partial charge is 0.312 e. The number of hydrogen-bond donors (Lipinski definition) is 2. The number of aliphatic carboxylic acids is 1. The van der Waals surface area contributed by atoms with Crippen molar-refractivity contribution in [2.45, 2.75) is 13.8 Å². The van der Waals surface area contributed by atoms with E-state index in [9.17, 15) is 9.18 Å². The van der Waals surface area contributed by atoms with Gasteiger partial charge in [-0.2, -0.15) is 0 Å². The van der Waals surface area contributed by atoms with Crippen LogP contribution in [-0.4, -0.2) is 22.7 Å². The average molecular weight is 271 g/mol. The zero-order valence-electron chi connectivity index (χ0n) is 10.1. The summed E-state index contributed by atoms with van der Waals surface area (Å²) in [6.07, 6.45) is 0. The van der Waals surface area contributed by atoms with E-state index < -0.39 is 17.2 Å². The quantitative estimate of drug-likeness (QED) is 0.801. The van der Waals surface area contributed by atoms with E-state index in [2.05, 4.69) is 0 Å². The van der Waals surface area contributed by atoms with E-state index in [0.717, 1.165) is 6.07 Å². The van der Waals surface area contributed by atoms with Crippen LogP contribution in [0.1, 0.15) is 19.4 Å². The summed E-state index contributed by atoms with van der Waals surface area (Å²) in [5.41, 5.74) is 4.67. The second-order valence-electron chi connectivity index (χ2n) is 4.49. The summed E-state index contributed by atoms with van der Waals surface area (Å²) in [5, 5.41) is 8.90. The molecule has 1 aromatic rings. The lowest BCUT2D eigenvalue weighted by Gasteiger charge is -2.19. The van der Waals surface area contributed by atoms with Gasteiger partial charge in [-0.1, -0.05) is 12.2 Å². The van der Waals surface area contributed by atoms with E-state index in [1.165, 1.54) is 26.0 Å². The van der Waals surface area contributed by atoms with Crippen molar-refractivity contribution in [3.8, 4) is 5.75 Å². The molecule has 0 spiro atoms. The predicted molar refractivity (Wildman–Crippen MR) is 69.2 cm³/mol. The van der Waals surface area contributed by atoms with E-state index in [-0.39, 0.29) is 17.3 Å². The van der Waals surface area contributed by atoms with Crippen LogP contribution in [0.15, 0.2) is 18.2 Å². The molecule has 0 fully saturated rings. The van der Waals surface area contributed by atoms with Gasteiger partial charge in [-0.25, -0.2) is 4.39 Å². The van der Waals surface area contributed by atoms with Crippen LogP contribution in [0, 0.1) is 11.2 Å². The van der Waals surface area contributed by atoms with Gasteiger partial charge in [0.05, 0.1) is 5.41 Å². The molecule has 4 nitrogen and oxygen atoms in total. The van der Waals surface area contributed by atoms with Crippen LogP contribution in [-0.2, 0) is 4.79 Å². The number of carboxylic acid groups (broad SMARTS) is 1. The molecule has 18 heavy (non-hydrogen) atoms. The summed E-state index contributed by atoms with van der Waals surface area (Å²) in [5.74, 6) is -1.66. The van der Waals surface area contributed by atoms with Crippen LogP contribution >= 0.6 is 12.2 Å². The first-order valence-corrected chi connectivity index (χ1v) is 5.60. The maximum Gasteiger partial charge on any atom is 0.312 e. The fourth-order valence-electron chi connectivity index (χ4n) is 1.09. The van der Waals surface area contributed by atoms with Crippen molar-refractivity contribution in [1.29, 1.82) is 0 Å². The number of rotatable bonds is 5. The number of ether oxygens (including phenoxy) is 1. The highest BCUT2D eigenvalue weighted by molar-refractivity contribution is 7.80. The van der Waals surface area contributed by atoms with Gasteiger partial charge in [-0.15, -0.1) is 0 Å². The molecule has 6 heteroatoms. The van der Waals surface area contributed by atoms with Crippen LogP contribution in [0.25, 0.3) is 0 Å². The highest BCUT2D eigenvalue weighted by Crippen LogP contribution is 2.22. The highest BCUT2D eigenvalue weighted by Gasteiger charge is 2.28. The van der Waals surface area contributed by atoms with Crippen molar-refractivity contribution in [1.82, 2.24) is 0 Å². The standard InChI is InChI=1S/C12H14FNO3S/c1-12(2,11(15)16)6-17-9-4-3-7(10(14)18)5-8(9)13/h3-5H,6H2,1-2H3,(H2,14,18)(H,15,16). The third kappa shape index (κ3) is 3.40. The Hall–Kier alpha value is -1.69. The normalized spacial score (nSPS) is 11.1. The van der Waals surface area contributed by atoms with Crippen molar-refractivity contribution in [2.75, 3.05) is 6.61 Å². The van der Waals surface area contributed by atoms with Crippen LogP contribution in [0.2, 0.25) is 0 Å². The van der Waals surface area contributed by atoms with E-state index in [0.29, 0.717) is 5.56 Å². The van der Waals surface area contributed by atoms with Crippen molar-refractivity contribution in [3.63, 3.8) is 0 Å². The molecule has 0 aliphatic heterocycles. The minimum atomic E-state index is -1.09. The zero-order chi connectivity index (χ0) is 13.9. The fourth-order valence-corrected chi connectivity index (χ4v) is 1.22. The van der Waals surface area contributed by atoms with Gasteiger partial charge in [0.2, 0.25) is 0 Å². The first-order valence-electron chi connectivity index (χ1n) is 5.19. The van der Waals surface area contributed by atoms with E-state index in [4.69, 9.17) is 27.8 Å². The van der Waals surface area contributed by atoms with Crippen LogP contribution in [0.4, 0.5) is 4.39 Å². The Labute approximate surface area is 110 Å². The van der Waals surface area contributed by atoms with Gasteiger partial charge < -0.3 is 15.6 Å². The molecule has 0 aliphatic rings. The molecule has 0 atom stereocenters. The number of carboxylic acids is 1. The number of hydrogen-bond acceptors (Lipinski definition) is 3. The molecule has 1 aromatic carbocycles. The van der Waals surface area contributed by atoms with E-state index >= 15 is 0 Å². The molecule has 0 saturated heterocycles. The molecule has 0 radical (unpaired) electrons. The van der Waals surface area contributed by atoms with Gasteiger partial charge in [0, 0.05) is 5.56 Å². The number of nitrogens with two attached hydrogens (primary N) is 1. The van der Waals surface area contributed by atoms with Crippen LogP contribution < -0.4 is 10.5 Å². The number of carbonyl (C=O) groups is 1. The summed E-state index contributed by atoms with van der Waals surface area (Å²) in [7, 11) is 0. The molecule has 0 heterocycles. The summed E-state index contributed by atoms with van der Waals surface area (Å²) in [4.78, 5) is 11.0. The van der Waals surface area contributed by atoms with Crippen molar-refractivity contribution < 1.29 is 19.0 Å². The van der Waals surface area contributed by atoms with Crippen molar-refractivity contribution in [3.05, 3.63) is 29.6 Å². The SMILES string of the molecule is CC(C)(COc1ccc(C(N)=S)cc1F)C(=O)O. The topological polar surface area (TPSA) is 72.5 Å². The summed E-state index contributed by atoms with van der Waals surface area (Å²) < 4.78 is 18.8. The Morgan fingerprint density at radius 3 is 2.61 bits per heavy atom. The molecule has 98 valence electrons. The van der Waals surface area contributed by atoms with Gasteiger partial charge in [0.15, 0.2) is 11.6 Å². The summed E-state index contributed by atoms with van der Waals surface area (Å²) in [6, 6.07) is 4.06. The summed E-state index contributed by atoms with van der Waals surface area (Å²) in [6.45, 7) is 2.86. The first kappa shape index (κ1) is 14.4. The average Bonchev–Trinajstić information content (AvgIpc) is 2.26. The Balaban J connectivity index is 2.81. The maximum atomic E-state index is 13.6. The predicted octanol–water partition coefficient (Wildman–Crippen LogP) is 1.95. The Morgan fingerprint density at radius 2 is 2.17 bits per heavy atom. The molecular formula is C12H14FNO3S. The molecule has 0 aliphatic carbocycles. The number of thiocarbonyl (C=S) groups is 1. The monoisotopic (exact) mass is 271 g/mol. The van der Waals surface area contributed by atoms with Crippen LogP contribution in [0.3, 0.4) is 0 Å². The lowest BCUT2D eigenvalue weighted by Crippen LogP contribution is -2.30. The van der Waals surface area contributed by atoms with Crippen LogP contribution in [0.5, 0.6) is 5.75 Å². The van der Waals surface area contributed by atoms with Crippen molar-refractivity contribution >= 4 is 23.2 Å². The maximum absolute atomic E-state index is 13.6. The van der Waals surface area contributed by atoms with Gasteiger partial charge in [0.1, 0.15) is 11.6 Å². The Morgan fingerprint density at radius 1 is 1.56 bits per heavy atom. The van der Waals surface area contributed by atoms with Gasteiger partial charge in [-0.05, 0) is 32.0 Å². The van der Waals surface area contributed by atoms with Gasteiger partial charge in [0.25, 0.3) is 0 Å². The van der Waals surface area contributed by atoms with Gasteiger partial charge in [-0.3, -0.25) is 4.79 Å². The summed E-state index contributed by atoms with van der Waals surface area (Å²) >= 11 is 4.72. The molecule has 3 N–H and O–H groups in total. The highest BCUT2D eigenvalue weighted by atomic mass is 32.1. The third-order valence-corrected chi connectivity index (χ3v) is 2.62. The lowest BCUT2D eigenvalue weighted by atomic mass is 9.95. The minimum absolute atomic E-state index is 0.0238. The molecule has 0 aromatic heterocycles. The number of halogens is 1. The van der Waals surface area contributed by atoms with Gasteiger partial charge >= 0.3 is 5.97 Å². The third-order valence-electron chi connectivity index (χ3n) is 2.38. The van der Waals surface area contributed by atoms with E-state index in [1.54, 1.807) is 0 Å². The molecule has 0 saturated carbocycles. The first-order chi connectivity index (χ1) is 8.24. The van der Waals surface area contributed by atoms with E-state index in [1.807, 2.05) is 0 Å². The number of benzene rings is 1. The molecule has 0 amide bonds.